The lowest BCUT2D eigenvalue weighted by Crippen LogP contribution is -2.02. The summed E-state index contributed by atoms with van der Waals surface area (Å²) in [6.45, 7) is 0.446. The van der Waals surface area contributed by atoms with Crippen molar-refractivity contribution in [3.63, 3.8) is 0 Å². The van der Waals surface area contributed by atoms with E-state index in [2.05, 4.69) is 10.3 Å². The third-order valence-corrected chi connectivity index (χ3v) is 2.41. The van der Waals surface area contributed by atoms with E-state index in [9.17, 15) is 4.39 Å². The minimum atomic E-state index is -0.654. The van der Waals surface area contributed by atoms with Gasteiger partial charge in [-0.3, -0.25) is 0 Å². The Morgan fingerprint density at radius 2 is 2.17 bits per heavy atom. The molecule has 2 N–H and O–H groups in total. The highest BCUT2D eigenvalue weighted by molar-refractivity contribution is 5.47. The van der Waals surface area contributed by atoms with Crippen molar-refractivity contribution in [3.8, 4) is 11.6 Å². The Morgan fingerprint density at radius 3 is 2.89 bits per heavy atom. The number of halogens is 1. The molecule has 1 aromatic carbocycles. The Balaban J connectivity index is 2.04. The molecule has 5 heteroatoms. The lowest BCUT2D eigenvalue weighted by atomic mass is 10.2. The van der Waals surface area contributed by atoms with E-state index in [0.29, 0.717) is 18.1 Å². The van der Waals surface area contributed by atoms with E-state index in [4.69, 9.17) is 9.84 Å². The van der Waals surface area contributed by atoms with Crippen LogP contribution in [-0.4, -0.2) is 17.2 Å². The van der Waals surface area contributed by atoms with E-state index < -0.39 is 5.82 Å². The number of aromatic nitrogens is 1. The lowest BCUT2D eigenvalue weighted by Gasteiger charge is -2.07. The van der Waals surface area contributed by atoms with Crippen molar-refractivity contribution in [1.29, 1.82) is 0 Å². The van der Waals surface area contributed by atoms with Crippen LogP contribution in [0.4, 0.5) is 10.1 Å². The summed E-state index contributed by atoms with van der Waals surface area (Å²) in [7, 11) is 1.55. The zero-order valence-corrected chi connectivity index (χ0v) is 9.85. The largest absolute Gasteiger partial charge is 0.505 e. The number of ether oxygens (including phenoxy) is 1. The van der Waals surface area contributed by atoms with Gasteiger partial charge < -0.3 is 15.2 Å². The summed E-state index contributed by atoms with van der Waals surface area (Å²) in [5.41, 5.74) is 1.36. The highest BCUT2D eigenvalue weighted by atomic mass is 19.1. The molecule has 18 heavy (non-hydrogen) atoms. The van der Waals surface area contributed by atoms with Gasteiger partial charge in [0.15, 0.2) is 11.6 Å². The minimum Gasteiger partial charge on any atom is -0.505 e. The van der Waals surface area contributed by atoms with Gasteiger partial charge in [-0.2, -0.15) is 0 Å². The first kappa shape index (κ1) is 12.2. The molecule has 0 fully saturated rings. The third-order valence-electron chi connectivity index (χ3n) is 2.41. The van der Waals surface area contributed by atoms with E-state index in [1.165, 1.54) is 12.1 Å². The number of hydrogen-bond donors (Lipinski definition) is 2. The smallest absolute Gasteiger partial charge is 0.213 e. The zero-order chi connectivity index (χ0) is 13.0. The van der Waals surface area contributed by atoms with Gasteiger partial charge in [-0.15, -0.1) is 0 Å². The van der Waals surface area contributed by atoms with Gasteiger partial charge in [0, 0.05) is 17.8 Å². The number of methoxy groups -OCH3 is 1. The van der Waals surface area contributed by atoms with E-state index in [-0.39, 0.29) is 5.75 Å². The number of nitrogens with zero attached hydrogens (tertiary/aromatic N) is 1. The Hall–Kier alpha value is -2.30. The molecule has 0 saturated carbocycles. The number of hydrogen-bond acceptors (Lipinski definition) is 4. The summed E-state index contributed by atoms with van der Waals surface area (Å²) in [6.07, 6.45) is 0. The van der Waals surface area contributed by atoms with Crippen LogP contribution in [0.3, 0.4) is 0 Å². The van der Waals surface area contributed by atoms with Gasteiger partial charge in [-0.25, -0.2) is 9.37 Å². The van der Waals surface area contributed by atoms with Crippen LogP contribution >= 0.6 is 0 Å². The van der Waals surface area contributed by atoms with Crippen LogP contribution in [0.1, 0.15) is 5.69 Å². The monoisotopic (exact) mass is 248 g/mol. The first-order valence-electron chi connectivity index (χ1n) is 5.41. The third kappa shape index (κ3) is 2.88. The molecule has 0 aliphatic rings. The first-order valence-corrected chi connectivity index (χ1v) is 5.41. The minimum absolute atomic E-state index is 0.361. The number of anilines is 1. The number of nitrogens with one attached hydrogen (secondary N) is 1. The Labute approximate surface area is 104 Å². The van der Waals surface area contributed by atoms with Crippen molar-refractivity contribution in [3.05, 3.63) is 47.9 Å². The molecule has 0 bridgehead atoms. The van der Waals surface area contributed by atoms with E-state index >= 15 is 0 Å². The normalized spacial score (nSPS) is 10.1. The van der Waals surface area contributed by atoms with Gasteiger partial charge in [-0.1, -0.05) is 6.07 Å². The van der Waals surface area contributed by atoms with Crippen LogP contribution in [0.15, 0.2) is 36.4 Å². The number of aromatic hydroxyl groups is 1. The second-order valence-electron chi connectivity index (χ2n) is 3.69. The van der Waals surface area contributed by atoms with Gasteiger partial charge in [0.25, 0.3) is 0 Å². The van der Waals surface area contributed by atoms with Crippen molar-refractivity contribution >= 4 is 5.69 Å². The summed E-state index contributed by atoms with van der Waals surface area (Å²) >= 11 is 0. The lowest BCUT2D eigenvalue weighted by molar-refractivity contribution is 0.396. The number of pyridine rings is 1. The first-order chi connectivity index (χ1) is 8.69. The topological polar surface area (TPSA) is 54.4 Å². The predicted octanol–water partition coefficient (Wildman–Crippen LogP) is 2.55. The van der Waals surface area contributed by atoms with Crippen molar-refractivity contribution in [2.75, 3.05) is 12.4 Å². The fourth-order valence-corrected chi connectivity index (χ4v) is 1.48. The molecule has 0 unspecified atom stereocenters. The van der Waals surface area contributed by atoms with Gasteiger partial charge in [0.1, 0.15) is 0 Å². The van der Waals surface area contributed by atoms with Gasteiger partial charge >= 0.3 is 0 Å². The molecule has 0 saturated heterocycles. The molecular weight excluding hydrogens is 235 g/mol. The molecule has 4 nitrogen and oxygen atoms in total. The summed E-state index contributed by atoms with van der Waals surface area (Å²) in [6, 6.07) is 9.56. The Bertz CT molecular complexity index is 546. The predicted molar refractivity (Wildman–Crippen MR) is 66.2 cm³/mol. The number of phenols is 1. The number of benzene rings is 1. The molecule has 0 radical (unpaired) electrons. The standard InChI is InChI=1S/C13H13FN2O2/c1-18-13-4-2-3-10(16-13)8-15-9-5-6-12(17)11(14)7-9/h2-7,15,17H,8H2,1H3. The molecular formula is C13H13FN2O2. The summed E-state index contributed by atoms with van der Waals surface area (Å²) < 4.78 is 18.1. The SMILES string of the molecule is COc1cccc(CNc2ccc(O)c(F)c2)n1. The van der Waals surface area contributed by atoms with Gasteiger partial charge in [-0.05, 0) is 18.2 Å². The van der Waals surface area contributed by atoms with E-state index in [1.54, 1.807) is 19.2 Å². The van der Waals surface area contributed by atoms with Crippen LogP contribution in [-0.2, 0) is 6.54 Å². The molecule has 0 spiro atoms. The fourth-order valence-electron chi connectivity index (χ4n) is 1.48. The van der Waals surface area contributed by atoms with Crippen LogP contribution in [0.5, 0.6) is 11.6 Å². The highest BCUT2D eigenvalue weighted by Gasteiger charge is 2.02. The molecule has 94 valence electrons. The highest BCUT2D eigenvalue weighted by Crippen LogP contribution is 2.19. The molecule has 1 heterocycles. The van der Waals surface area contributed by atoms with Crippen LogP contribution in [0, 0.1) is 5.82 Å². The van der Waals surface area contributed by atoms with Crippen molar-refractivity contribution in [2.24, 2.45) is 0 Å². The molecule has 2 rings (SSSR count). The average molecular weight is 248 g/mol. The Kier molecular flexibility index (Phi) is 3.62. The fraction of sp³-hybridized carbons (Fsp3) is 0.154. The molecule has 0 aliphatic carbocycles. The zero-order valence-electron chi connectivity index (χ0n) is 9.85. The van der Waals surface area contributed by atoms with Gasteiger partial charge in [0.05, 0.1) is 19.3 Å². The molecule has 0 atom stereocenters. The molecule has 2 aromatic rings. The second-order valence-corrected chi connectivity index (χ2v) is 3.69. The maximum atomic E-state index is 13.1. The summed E-state index contributed by atoms with van der Waals surface area (Å²) in [5, 5.41) is 12.1. The molecule has 0 aliphatic heterocycles. The molecule has 1 aromatic heterocycles. The number of phenolic OH excluding ortho intramolecular Hbond substituents is 1. The maximum absolute atomic E-state index is 13.1. The van der Waals surface area contributed by atoms with Gasteiger partial charge in [0.2, 0.25) is 5.88 Å². The van der Waals surface area contributed by atoms with E-state index in [0.717, 1.165) is 5.69 Å². The summed E-state index contributed by atoms with van der Waals surface area (Å²) in [4.78, 5) is 4.22. The van der Waals surface area contributed by atoms with Crippen molar-refractivity contribution in [2.45, 2.75) is 6.54 Å². The Morgan fingerprint density at radius 1 is 1.33 bits per heavy atom. The molecule has 0 amide bonds. The summed E-state index contributed by atoms with van der Waals surface area (Å²) in [5.74, 6) is -0.482. The van der Waals surface area contributed by atoms with Crippen LogP contribution in [0.2, 0.25) is 0 Å². The second kappa shape index (κ2) is 5.35. The average Bonchev–Trinajstić information content (AvgIpc) is 2.40. The van der Waals surface area contributed by atoms with Crippen LogP contribution < -0.4 is 10.1 Å². The van der Waals surface area contributed by atoms with Crippen LogP contribution in [0.25, 0.3) is 0 Å². The van der Waals surface area contributed by atoms with Crippen molar-refractivity contribution in [1.82, 2.24) is 4.98 Å². The maximum Gasteiger partial charge on any atom is 0.213 e. The van der Waals surface area contributed by atoms with Crippen molar-refractivity contribution < 1.29 is 14.2 Å². The quantitative estimate of drug-likeness (QED) is 0.816. The van der Waals surface area contributed by atoms with E-state index in [1.807, 2.05) is 12.1 Å². The number of rotatable bonds is 4.